The lowest BCUT2D eigenvalue weighted by Gasteiger charge is -2.27. The predicted octanol–water partition coefficient (Wildman–Crippen LogP) is 3.18. The number of aryl methyl sites for hydroxylation is 1. The fraction of sp³-hybridized carbons (Fsp3) is 0.600. The number of benzene rings is 1. The van der Waals surface area contributed by atoms with Gasteiger partial charge in [0.2, 0.25) is 0 Å². The average Bonchev–Trinajstić information content (AvgIpc) is 2.50. The van der Waals surface area contributed by atoms with Crippen LogP contribution in [0, 0.1) is 6.92 Å². The smallest absolute Gasteiger partial charge is 0.0441 e. The van der Waals surface area contributed by atoms with E-state index in [1.807, 2.05) is 0 Å². The molecule has 0 bridgehead atoms. The molecule has 0 amide bonds. The van der Waals surface area contributed by atoms with Gasteiger partial charge < -0.3 is 10.6 Å². The molecule has 0 atom stereocenters. The predicted molar refractivity (Wildman–Crippen MR) is 82.4 cm³/mol. The first-order valence-corrected chi connectivity index (χ1v) is 7.69. The molecule has 1 fully saturated rings. The number of rotatable bonds is 2. The Labute approximate surface area is 115 Å². The van der Waals surface area contributed by atoms with Gasteiger partial charge in [0.25, 0.3) is 0 Å². The van der Waals surface area contributed by atoms with Gasteiger partial charge in [-0.25, -0.2) is 0 Å². The first-order valence-electron chi connectivity index (χ1n) is 6.71. The van der Waals surface area contributed by atoms with E-state index in [1.54, 1.807) is 0 Å². The molecule has 0 spiro atoms. The fourth-order valence-electron chi connectivity index (χ4n) is 2.58. The van der Waals surface area contributed by atoms with Crippen molar-refractivity contribution >= 4 is 17.4 Å². The van der Waals surface area contributed by atoms with E-state index in [9.17, 15) is 0 Å². The molecule has 1 aliphatic rings. The number of nitrogens with two attached hydrogens (primary N) is 1. The molecule has 2 rings (SSSR count). The maximum atomic E-state index is 5.89. The van der Waals surface area contributed by atoms with E-state index in [2.05, 4.69) is 55.6 Å². The summed E-state index contributed by atoms with van der Waals surface area (Å²) in [6, 6.07) is 6.46. The Morgan fingerprint density at radius 2 is 2.11 bits per heavy atom. The summed E-state index contributed by atoms with van der Waals surface area (Å²) < 4.78 is 0.403. The van der Waals surface area contributed by atoms with Gasteiger partial charge >= 0.3 is 0 Å². The van der Waals surface area contributed by atoms with E-state index in [-0.39, 0.29) is 0 Å². The van der Waals surface area contributed by atoms with Crippen molar-refractivity contribution in [3.05, 3.63) is 29.3 Å². The zero-order valence-electron chi connectivity index (χ0n) is 11.7. The summed E-state index contributed by atoms with van der Waals surface area (Å²) in [6.45, 7) is 9.79. The second kappa shape index (κ2) is 5.54. The summed E-state index contributed by atoms with van der Waals surface area (Å²) in [5, 5.41) is 0. The summed E-state index contributed by atoms with van der Waals surface area (Å²) in [7, 11) is 0. The van der Waals surface area contributed by atoms with E-state index < -0.39 is 0 Å². The Bertz CT molecular complexity index is 415. The van der Waals surface area contributed by atoms with Crippen LogP contribution in [-0.4, -0.2) is 23.6 Å². The van der Waals surface area contributed by atoms with Crippen LogP contribution in [-0.2, 0) is 6.54 Å². The SMILES string of the molecule is Cc1cccc(CN)c1N1CCSC(C)(C)CC1. The molecule has 18 heavy (non-hydrogen) atoms. The van der Waals surface area contributed by atoms with Crippen LogP contribution >= 0.6 is 11.8 Å². The molecule has 1 saturated heterocycles. The topological polar surface area (TPSA) is 29.3 Å². The monoisotopic (exact) mass is 264 g/mol. The van der Waals surface area contributed by atoms with Crippen molar-refractivity contribution in [1.82, 2.24) is 0 Å². The van der Waals surface area contributed by atoms with Gasteiger partial charge in [-0.15, -0.1) is 0 Å². The molecule has 2 nitrogen and oxygen atoms in total. The second-order valence-corrected chi connectivity index (χ2v) is 7.43. The third kappa shape index (κ3) is 3.01. The molecule has 0 unspecified atom stereocenters. The van der Waals surface area contributed by atoms with Crippen LogP contribution < -0.4 is 10.6 Å². The lowest BCUT2D eigenvalue weighted by Crippen LogP contribution is -2.29. The van der Waals surface area contributed by atoms with Crippen molar-refractivity contribution in [2.75, 3.05) is 23.7 Å². The molecule has 0 saturated carbocycles. The van der Waals surface area contributed by atoms with Gasteiger partial charge in [0.1, 0.15) is 0 Å². The Morgan fingerprint density at radius 1 is 1.33 bits per heavy atom. The molecule has 0 aliphatic carbocycles. The molecule has 100 valence electrons. The summed E-state index contributed by atoms with van der Waals surface area (Å²) >= 11 is 2.09. The minimum atomic E-state index is 0.403. The summed E-state index contributed by atoms with van der Waals surface area (Å²) in [5.74, 6) is 1.20. The van der Waals surface area contributed by atoms with E-state index in [4.69, 9.17) is 5.73 Å². The molecule has 1 aliphatic heterocycles. The van der Waals surface area contributed by atoms with Gasteiger partial charge in [-0.1, -0.05) is 32.0 Å². The van der Waals surface area contributed by atoms with Crippen LogP contribution in [0.2, 0.25) is 0 Å². The number of anilines is 1. The fourth-order valence-corrected chi connectivity index (χ4v) is 3.68. The zero-order chi connectivity index (χ0) is 13.2. The first-order chi connectivity index (χ1) is 8.53. The Morgan fingerprint density at radius 3 is 2.83 bits per heavy atom. The van der Waals surface area contributed by atoms with Gasteiger partial charge in [-0.2, -0.15) is 11.8 Å². The lowest BCUT2D eigenvalue weighted by atomic mass is 10.0. The lowest BCUT2D eigenvalue weighted by molar-refractivity contribution is 0.636. The van der Waals surface area contributed by atoms with Gasteiger partial charge in [0, 0.05) is 35.8 Å². The highest BCUT2D eigenvalue weighted by Gasteiger charge is 2.25. The molecular weight excluding hydrogens is 240 g/mol. The zero-order valence-corrected chi connectivity index (χ0v) is 12.5. The van der Waals surface area contributed by atoms with Crippen molar-refractivity contribution in [2.45, 2.75) is 38.5 Å². The van der Waals surface area contributed by atoms with Crippen LogP contribution in [0.5, 0.6) is 0 Å². The molecule has 2 N–H and O–H groups in total. The summed E-state index contributed by atoms with van der Waals surface area (Å²) in [5.41, 5.74) is 9.89. The van der Waals surface area contributed by atoms with Crippen LogP contribution in [0.25, 0.3) is 0 Å². The van der Waals surface area contributed by atoms with Crippen molar-refractivity contribution in [3.63, 3.8) is 0 Å². The number of para-hydroxylation sites is 1. The molecule has 0 radical (unpaired) electrons. The molecule has 0 aromatic heterocycles. The largest absolute Gasteiger partial charge is 0.370 e. The Balaban J connectivity index is 2.26. The minimum Gasteiger partial charge on any atom is -0.370 e. The molecule has 3 heteroatoms. The Kier molecular flexibility index (Phi) is 4.23. The van der Waals surface area contributed by atoms with Gasteiger partial charge in [0.05, 0.1) is 0 Å². The maximum absolute atomic E-state index is 5.89. The van der Waals surface area contributed by atoms with E-state index in [0.717, 1.165) is 13.1 Å². The van der Waals surface area contributed by atoms with Gasteiger partial charge in [-0.05, 0) is 24.5 Å². The molecule has 1 aromatic rings. The highest BCUT2D eigenvalue weighted by Crippen LogP contribution is 2.34. The normalized spacial score (nSPS) is 19.7. The van der Waals surface area contributed by atoms with Gasteiger partial charge in [0.15, 0.2) is 0 Å². The third-order valence-electron chi connectivity index (χ3n) is 3.70. The van der Waals surface area contributed by atoms with Crippen LogP contribution in [0.15, 0.2) is 18.2 Å². The molecule has 1 heterocycles. The van der Waals surface area contributed by atoms with E-state index >= 15 is 0 Å². The second-order valence-electron chi connectivity index (χ2n) is 5.63. The maximum Gasteiger partial charge on any atom is 0.0441 e. The summed E-state index contributed by atoms with van der Waals surface area (Å²) in [4.78, 5) is 2.53. The van der Waals surface area contributed by atoms with Crippen molar-refractivity contribution < 1.29 is 0 Å². The highest BCUT2D eigenvalue weighted by atomic mass is 32.2. The Hall–Kier alpha value is -0.670. The quantitative estimate of drug-likeness (QED) is 0.889. The van der Waals surface area contributed by atoms with Crippen LogP contribution in [0.4, 0.5) is 5.69 Å². The summed E-state index contributed by atoms with van der Waals surface area (Å²) in [6.07, 6.45) is 1.23. The van der Waals surface area contributed by atoms with Crippen molar-refractivity contribution in [2.24, 2.45) is 5.73 Å². The minimum absolute atomic E-state index is 0.403. The number of hydrogen-bond donors (Lipinski definition) is 1. The number of hydrogen-bond acceptors (Lipinski definition) is 3. The third-order valence-corrected chi connectivity index (χ3v) is 5.07. The van der Waals surface area contributed by atoms with Crippen LogP contribution in [0.1, 0.15) is 31.4 Å². The number of nitrogens with zero attached hydrogens (tertiary/aromatic N) is 1. The average molecular weight is 264 g/mol. The van der Waals surface area contributed by atoms with Crippen LogP contribution in [0.3, 0.4) is 0 Å². The number of thioether (sulfide) groups is 1. The van der Waals surface area contributed by atoms with Crippen molar-refractivity contribution in [1.29, 1.82) is 0 Å². The molecule has 1 aromatic carbocycles. The van der Waals surface area contributed by atoms with Crippen molar-refractivity contribution in [3.8, 4) is 0 Å². The standard InChI is InChI=1S/C15H24N2S/c1-12-5-4-6-13(11-16)14(12)17-8-7-15(2,3)18-10-9-17/h4-6H,7-11,16H2,1-3H3. The molecular formula is C15H24N2S. The first kappa shape index (κ1) is 13.8. The highest BCUT2D eigenvalue weighted by molar-refractivity contribution is 8.00. The van der Waals surface area contributed by atoms with E-state index in [0.29, 0.717) is 11.3 Å². The van der Waals surface area contributed by atoms with Gasteiger partial charge in [-0.3, -0.25) is 0 Å². The van der Waals surface area contributed by atoms with E-state index in [1.165, 1.54) is 29.0 Å².